The average Bonchev–Trinajstić information content (AvgIpc) is 2.03. The maximum atomic E-state index is 6.18. The van der Waals surface area contributed by atoms with Gasteiger partial charge in [0.15, 0.2) is 0 Å². The van der Waals surface area contributed by atoms with Crippen LogP contribution in [-0.4, -0.2) is 5.38 Å². The first kappa shape index (κ1) is 9.12. The van der Waals surface area contributed by atoms with Crippen molar-refractivity contribution >= 4 is 11.6 Å². The summed E-state index contributed by atoms with van der Waals surface area (Å²) in [5, 5.41) is 0.448. The summed E-state index contributed by atoms with van der Waals surface area (Å²) in [5.41, 5.74) is 0. The van der Waals surface area contributed by atoms with Gasteiger partial charge >= 0.3 is 0 Å². The summed E-state index contributed by atoms with van der Waals surface area (Å²) in [6.45, 7) is 3.73. The van der Waals surface area contributed by atoms with Crippen molar-refractivity contribution in [3.05, 3.63) is 12.7 Å². The van der Waals surface area contributed by atoms with Crippen LogP contribution in [0.5, 0.6) is 0 Å². The van der Waals surface area contributed by atoms with Gasteiger partial charge < -0.3 is 0 Å². The molecule has 0 amide bonds. The zero-order valence-electron chi connectivity index (χ0n) is 7.06. The highest BCUT2D eigenvalue weighted by Gasteiger charge is 2.21. The molecule has 0 saturated heterocycles. The van der Waals surface area contributed by atoms with Gasteiger partial charge in [-0.3, -0.25) is 0 Å². The van der Waals surface area contributed by atoms with Crippen LogP contribution in [0.4, 0.5) is 0 Å². The molecule has 0 N–H and O–H groups in total. The van der Waals surface area contributed by atoms with Crippen LogP contribution >= 0.6 is 11.6 Å². The third kappa shape index (κ3) is 2.86. The minimum Gasteiger partial charge on any atom is -0.123 e. The zero-order chi connectivity index (χ0) is 8.10. The van der Waals surface area contributed by atoms with Crippen LogP contribution in [0.15, 0.2) is 12.7 Å². The van der Waals surface area contributed by atoms with Crippen molar-refractivity contribution in [3.8, 4) is 0 Å². The van der Waals surface area contributed by atoms with Gasteiger partial charge in [0.25, 0.3) is 0 Å². The number of halogens is 1. The second-order valence-electron chi connectivity index (χ2n) is 3.43. The van der Waals surface area contributed by atoms with Crippen molar-refractivity contribution in [3.63, 3.8) is 0 Å². The van der Waals surface area contributed by atoms with E-state index in [4.69, 9.17) is 11.6 Å². The molecule has 0 bridgehead atoms. The number of alkyl halides is 1. The van der Waals surface area contributed by atoms with Crippen molar-refractivity contribution in [1.82, 2.24) is 0 Å². The fraction of sp³-hybridized carbons (Fsp3) is 0.800. The molecule has 1 aliphatic rings. The predicted octanol–water partition coefficient (Wildman–Crippen LogP) is 3.75. The molecule has 0 aliphatic heterocycles. The lowest BCUT2D eigenvalue weighted by molar-refractivity contribution is 0.348. The third-order valence-corrected chi connectivity index (χ3v) is 3.13. The topological polar surface area (TPSA) is 0 Å². The monoisotopic (exact) mass is 172 g/mol. The molecule has 1 rings (SSSR count). The standard InChI is InChI=1S/C10H17Cl/c1-2-3-6-9-7-4-5-8-10(9)11/h2,9-10H,1,3-8H2. The number of allylic oxidation sites excluding steroid dienone is 1. The average molecular weight is 173 g/mol. The number of rotatable bonds is 3. The highest BCUT2D eigenvalue weighted by atomic mass is 35.5. The van der Waals surface area contributed by atoms with Gasteiger partial charge in [0.1, 0.15) is 0 Å². The SMILES string of the molecule is C=CCCC1CCCCC1Cl. The summed E-state index contributed by atoms with van der Waals surface area (Å²) in [7, 11) is 0. The molecule has 0 spiro atoms. The van der Waals surface area contributed by atoms with Crippen LogP contribution < -0.4 is 0 Å². The fourth-order valence-electron chi connectivity index (χ4n) is 1.82. The van der Waals surface area contributed by atoms with E-state index in [1.807, 2.05) is 6.08 Å². The van der Waals surface area contributed by atoms with Gasteiger partial charge in [-0.15, -0.1) is 18.2 Å². The molecular formula is C10H17Cl. The van der Waals surface area contributed by atoms with E-state index in [0.717, 1.165) is 12.3 Å². The molecule has 0 heterocycles. The Kier molecular flexibility index (Phi) is 3.99. The Morgan fingerprint density at radius 2 is 2.09 bits per heavy atom. The van der Waals surface area contributed by atoms with Crippen LogP contribution in [0, 0.1) is 5.92 Å². The Labute approximate surface area is 74.6 Å². The quantitative estimate of drug-likeness (QED) is 0.449. The molecule has 64 valence electrons. The summed E-state index contributed by atoms with van der Waals surface area (Å²) in [5.74, 6) is 0.767. The minimum absolute atomic E-state index is 0.448. The second kappa shape index (κ2) is 4.82. The maximum Gasteiger partial charge on any atom is 0.0364 e. The van der Waals surface area contributed by atoms with Gasteiger partial charge in [0.2, 0.25) is 0 Å². The highest BCUT2D eigenvalue weighted by Crippen LogP contribution is 2.31. The fourth-order valence-corrected chi connectivity index (χ4v) is 2.23. The van der Waals surface area contributed by atoms with E-state index in [1.54, 1.807) is 0 Å². The largest absolute Gasteiger partial charge is 0.123 e. The van der Waals surface area contributed by atoms with Gasteiger partial charge in [-0.1, -0.05) is 18.9 Å². The molecule has 1 aliphatic carbocycles. The smallest absolute Gasteiger partial charge is 0.0364 e. The Bertz CT molecular complexity index is 120. The molecular weight excluding hydrogens is 156 g/mol. The van der Waals surface area contributed by atoms with Crippen LogP contribution in [0.1, 0.15) is 38.5 Å². The van der Waals surface area contributed by atoms with Crippen molar-refractivity contribution in [2.24, 2.45) is 5.92 Å². The van der Waals surface area contributed by atoms with Crippen LogP contribution in [0.2, 0.25) is 0 Å². The van der Waals surface area contributed by atoms with Crippen LogP contribution in [0.25, 0.3) is 0 Å². The molecule has 0 aromatic heterocycles. The Hall–Kier alpha value is 0.0300. The van der Waals surface area contributed by atoms with Crippen molar-refractivity contribution in [1.29, 1.82) is 0 Å². The molecule has 11 heavy (non-hydrogen) atoms. The molecule has 1 heteroatoms. The zero-order valence-corrected chi connectivity index (χ0v) is 7.82. The molecule has 2 unspecified atom stereocenters. The van der Waals surface area contributed by atoms with E-state index >= 15 is 0 Å². The van der Waals surface area contributed by atoms with Crippen molar-refractivity contribution < 1.29 is 0 Å². The lowest BCUT2D eigenvalue weighted by Crippen LogP contribution is -2.19. The molecule has 0 nitrogen and oxygen atoms in total. The van der Waals surface area contributed by atoms with Crippen molar-refractivity contribution in [2.45, 2.75) is 43.9 Å². The lowest BCUT2D eigenvalue weighted by atomic mass is 9.86. The Balaban J connectivity index is 2.23. The molecule has 0 aromatic carbocycles. The lowest BCUT2D eigenvalue weighted by Gasteiger charge is -2.26. The molecule has 2 atom stereocenters. The predicted molar refractivity (Wildman–Crippen MR) is 51.0 cm³/mol. The summed E-state index contributed by atoms with van der Waals surface area (Å²) >= 11 is 6.18. The van der Waals surface area contributed by atoms with Crippen LogP contribution in [-0.2, 0) is 0 Å². The van der Waals surface area contributed by atoms with Crippen LogP contribution in [0.3, 0.4) is 0 Å². The van der Waals surface area contributed by atoms with Crippen molar-refractivity contribution in [2.75, 3.05) is 0 Å². The first-order chi connectivity index (χ1) is 5.34. The van der Waals surface area contributed by atoms with Gasteiger partial charge in [0.05, 0.1) is 0 Å². The second-order valence-corrected chi connectivity index (χ2v) is 3.99. The summed E-state index contributed by atoms with van der Waals surface area (Å²) in [6.07, 6.45) is 9.65. The number of hydrogen-bond acceptors (Lipinski definition) is 0. The number of hydrogen-bond donors (Lipinski definition) is 0. The Morgan fingerprint density at radius 3 is 2.73 bits per heavy atom. The maximum absolute atomic E-state index is 6.18. The first-order valence-corrected chi connectivity index (χ1v) is 5.03. The summed E-state index contributed by atoms with van der Waals surface area (Å²) in [6, 6.07) is 0. The summed E-state index contributed by atoms with van der Waals surface area (Å²) < 4.78 is 0. The van der Waals surface area contributed by atoms with E-state index in [9.17, 15) is 0 Å². The third-order valence-electron chi connectivity index (χ3n) is 2.56. The van der Waals surface area contributed by atoms with Gasteiger partial charge in [-0.25, -0.2) is 0 Å². The Morgan fingerprint density at radius 1 is 1.36 bits per heavy atom. The molecule has 1 fully saturated rings. The summed E-state index contributed by atoms with van der Waals surface area (Å²) in [4.78, 5) is 0. The molecule has 0 radical (unpaired) electrons. The van der Waals surface area contributed by atoms with E-state index in [2.05, 4.69) is 6.58 Å². The van der Waals surface area contributed by atoms with E-state index < -0.39 is 0 Å². The first-order valence-electron chi connectivity index (χ1n) is 4.59. The van der Waals surface area contributed by atoms with Gasteiger partial charge in [0, 0.05) is 5.38 Å². The highest BCUT2D eigenvalue weighted by molar-refractivity contribution is 6.20. The molecule has 0 aromatic rings. The van der Waals surface area contributed by atoms with E-state index in [1.165, 1.54) is 32.1 Å². The van der Waals surface area contributed by atoms with E-state index in [-0.39, 0.29) is 0 Å². The minimum atomic E-state index is 0.448. The van der Waals surface area contributed by atoms with Gasteiger partial charge in [-0.05, 0) is 31.6 Å². The van der Waals surface area contributed by atoms with E-state index in [0.29, 0.717) is 5.38 Å². The normalized spacial score (nSPS) is 31.7. The van der Waals surface area contributed by atoms with Gasteiger partial charge in [-0.2, -0.15) is 0 Å². The molecule has 1 saturated carbocycles.